The first kappa shape index (κ1) is 15.5. The van der Waals surface area contributed by atoms with Gasteiger partial charge in [-0.25, -0.2) is 13.1 Å². The van der Waals surface area contributed by atoms with Gasteiger partial charge < -0.3 is 5.32 Å². The minimum Gasteiger partial charge on any atom is -0.345 e. The first-order valence-electron chi connectivity index (χ1n) is 6.74. The molecular weight excluding hydrogens is 296 g/mol. The Morgan fingerprint density at radius 3 is 2.60 bits per heavy atom. The van der Waals surface area contributed by atoms with E-state index in [-0.39, 0.29) is 5.54 Å². The second-order valence-corrected chi connectivity index (χ2v) is 8.01. The molecule has 1 fully saturated rings. The van der Waals surface area contributed by atoms with Crippen LogP contribution >= 0.6 is 11.3 Å². The van der Waals surface area contributed by atoms with Crippen LogP contribution in [-0.4, -0.2) is 27.1 Å². The Bertz CT molecular complexity index is 546. The molecule has 1 saturated carbocycles. The molecule has 1 heterocycles. The molecule has 0 spiro atoms. The highest BCUT2D eigenvalue weighted by atomic mass is 32.2. The SMILES string of the molecule is CNS(=O)(=O)CC(=O)NC1(c2cccs2)CCCCC1. The quantitative estimate of drug-likeness (QED) is 0.866. The number of carbonyl (C=O) groups is 1. The Balaban J connectivity index is 2.15. The predicted molar refractivity (Wildman–Crippen MR) is 80.1 cm³/mol. The Morgan fingerprint density at radius 1 is 1.35 bits per heavy atom. The summed E-state index contributed by atoms with van der Waals surface area (Å²) in [5, 5.41) is 4.97. The number of hydrogen-bond acceptors (Lipinski definition) is 4. The van der Waals surface area contributed by atoms with Gasteiger partial charge in [-0.2, -0.15) is 0 Å². The summed E-state index contributed by atoms with van der Waals surface area (Å²) in [7, 11) is -2.21. The molecule has 0 radical (unpaired) electrons. The zero-order valence-corrected chi connectivity index (χ0v) is 13.1. The highest BCUT2D eigenvalue weighted by Crippen LogP contribution is 2.39. The Kier molecular flexibility index (Phi) is 4.82. The molecule has 20 heavy (non-hydrogen) atoms. The average molecular weight is 316 g/mol. The van der Waals surface area contributed by atoms with Crippen molar-refractivity contribution in [3.63, 3.8) is 0 Å². The Morgan fingerprint density at radius 2 is 2.05 bits per heavy atom. The van der Waals surface area contributed by atoms with Gasteiger partial charge in [0.2, 0.25) is 15.9 Å². The standard InChI is InChI=1S/C13H20N2O3S2/c1-14-20(17,18)10-12(16)15-13(7-3-2-4-8-13)11-6-5-9-19-11/h5-6,9,14H,2-4,7-8,10H2,1H3,(H,15,16). The number of hydrogen-bond donors (Lipinski definition) is 2. The van der Waals surface area contributed by atoms with Crippen LogP contribution in [0.5, 0.6) is 0 Å². The molecule has 112 valence electrons. The zero-order valence-electron chi connectivity index (χ0n) is 11.5. The van der Waals surface area contributed by atoms with Gasteiger partial charge in [0.25, 0.3) is 0 Å². The molecule has 1 amide bonds. The molecule has 0 atom stereocenters. The van der Waals surface area contributed by atoms with Gasteiger partial charge in [0.15, 0.2) is 0 Å². The molecular formula is C13H20N2O3S2. The lowest BCUT2D eigenvalue weighted by atomic mass is 9.80. The second kappa shape index (κ2) is 6.24. The van der Waals surface area contributed by atoms with Gasteiger partial charge in [0, 0.05) is 4.88 Å². The van der Waals surface area contributed by atoms with E-state index in [0.717, 1.165) is 37.0 Å². The van der Waals surface area contributed by atoms with Crippen LogP contribution in [0.15, 0.2) is 17.5 Å². The largest absolute Gasteiger partial charge is 0.345 e. The number of sulfonamides is 1. The van der Waals surface area contributed by atoms with E-state index >= 15 is 0 Å². The van der Waals surface area contributed by atoms with E-state index in [2.05, 4.69) is 10.0 Å². The molecule has 2 rings (SSSR count). The molecule has 7 heteroatoms. The zero-order chi connectivity index (χ0) is 14.6. The number of nitrogens with one attached hydrogen (secondary N) is 2. The first-order chi connectivity index (χ1) is 9.47. The minimum absolute atomic E-state index is 0.382. The van der Waals surface area contributed by atoms with E-state index < -0.39 is 21.7 Å². The van der Waals surface area contributed by atoms with Crippen LogP contribution in [0.2, 0.25) is 0 Å². The summed E-state index contributed by atoms with van der Waals surface area (Å²) in [6.45, 7) is 0. The van der Waals surface area contributed by atoms with Crippen molar-refractivity contribution in [2.75, 3.05) is 12.8 Å². The van der Waals surface area contributed by atoms with Crippen molar-refractivity contribution in [1.29, 1.82) is 0 Å². The third-order valence-corrected chi connectivity index (χ3v) is 6.05. The van der Waals surface area contributed by atoms with Crippen molar-refractivity contribution in [2.24, 2.45) is 0 Å². The summed E-state index contributed by atoms with van der Waals surface area (Å²) < 4.78 is 25.1. The van der Waals surface area contributed by atoms with Crippen molar-refractivity contribution in [2.45, 2.75) is 37.6 Å². The van der Waals surface area contributed by atoms with Gasteiger partial charge in [-0.1, -0.05) is 25.3 Å². The minimum atomic E-state index is -3.52. The molecule has 1 aliphatic rings. The highest BCUT2D eigenvalue weighted by molar-refractivity contribution is 7.90. The summed E-state index contributed by atoms with van der Waals surface area (Å²) in [6, 6.07) is 3.98. The molecule has 0 saturated heterocycles. The van der Waals surface area contributed by atoms with Gasteiger partial charge in [-0.05, 0) is 31.3 Å². The van der Waals surface area contributed by atoms with Gasteiger partial charge in [-0.15, -0.1) is 11.3 Å². The lowest BCUT2D eigenvalue weighted by Gasteiger charge is -2.37. The van der Waals surface area contributed by atoms with Crippen molar-refractivity contribution in [1.82, 2.24) is 10.0 Å². The van der Waals surface area contributed by atoms with Crippen LogP contribution in [-0.2, 0) is 20.4 Å². The Labute approximate surface area is 123 Å². The molecule has 2 N–H and O–H groups in total. The lowest BCUT2D eigenvalue weighted by Crippen LogP contribution is -2.49. The summed E-state index contributed by atoms with van der Waals surface area (Å²) in [4.78, 5) is 13.2. The maximum absolute atomic E-state index is 12.1. The van der Waals surface area contributed by atoms with Gasteiger partial charge in [0.1, 0.15) is 5.75 Å². The van der Waals surface area contributed by atoms with Crippen LogP contribution in [0.4, 0.5) is 0 Å². The maximum Gasteiger partial charge on any atom is 0.237 e. The summed E-state index contributed by atoms with van der Waals surface area (Å²) in [6.07, 6.45) is 5.02. The highest BCUT2D eigenvalue weighted by Gasteiger charge is 2.36. The van der Waals surface area contributed by atoms with E-state index in [4.69, 9.17) is 0 Å². The molecule has 1 aromatic rings. The van der Waals surface area contributed by atoms with Crippen molar-refractivity contribution < 1.29 is 13.2 Å². The van der Waals surface area contributed by atoms with Crippen molar-refractivity contribution >= 4 is 27.3 Å². The van der Waals surface area contributed by atoms with E-state index in [1.807, 2.05) is 17.5 Å². The van der Waals surface area contributed by atoms with Crippen LogP contribution in [0.3, 0.4) is 0 Å². The first-order valence-corrected chi connectivity index (χ1v) is 9.27. The maximum atomic E-state index is 12.1. The number of rotatable bonds is 5. The van der Waals surface area contributed by atoms with Crippen LogP contribution in [0.25, 0.3) is 0 Å². The van der Waals surface area contributed by atoms with E-state index in [0.29, 0.717) is 0 Å². The van der Waals surface area contributed by atoms with Crippen LogP contribution in [0, 0.1) is 0 Å². The molecule has 0 aromatic carbocycles. The topological polar surface area (TPSA) is 75.3 Å². The third-order valence-electron chi connectivity index (χ3n) is 3.71. The summed E-state index contributed by atoms with van der Waals surface area (Å²) in [5.41, 5.74) is -0.382. The Hall–Kier alpha value is -0.920. The van der Waals surface area contributed by atoms with Crippen LogP contribution < -0.4 is 10.0 Å². The van der Waals surface area contributed by atoms with Gasteiger partial charge in [0.05, 0.1) is 5.54 Å². The number of thiophene rings is 1. The fraction of sp³-hybridized carbons (Fsp3) is 0.615. The smallest absolute Gasteiger partial charge is 0.237 e. The van der Waals surface area contributed by atoms with E-state index in [1.165, 1.54) is 7.05 Å². The lowest BCUT2D eigenvalue weighted by molar-refractivity contribution is -0.121. The predicted octanol–water partition coefficient (Wildman–Crippen LogP) is 1.57. The normalized spacial score (nSPS) is 18.6. The monoisotopic (exact) mass is 316 g/mol. The second-order valence-electron chi connectivity index (χ2n) is 5.13. The van der Waals surface area contributed by atoms with Crippen molar-refractivity contribution in [3.05, 3.63) is 22.4 Å². The molecule has 5 nitrogen and oxygen atoms in total. The molecule has 1 aromatic heterocycles. The molecule has 0 unspecified atom stereocenters. The molecule has 0 aliphatic heterocycles. The number of carbonyl (C=O) groups excluding carboxylic acids is 1. The fourth-order valence-electron chi connectivity index (χ4n) is 2.69. The summed E-state index contributed by atoms with van der Waals surface area (Å²) >= 11 is 1.61. The number of amides is 1. The summed E-state index contributed by atoms with van der Waals surface area (Å²) in [5.74, 6) is -0.953. The van der Waals surface area contributed by atoms with Crippen molar-refractivity contribution in [3.8, 4) is 0 Å². The average Bonchev–Trinajstić information content (AvgIpc) is 2.93. The molecule has 1 aliphatic carbocycles. The van der Waals surface area contributed by atoms with E-state index in [1.54, 1.807) is 11.3 Å². The molecule has 0 bridgehead atoms. The van der Waals surface area contributed by atoms with Gasteiger partial charge >= 0.3 is 0 Å². The van der Waals surface area contributed by atoms with Gasteiger partial charge in [-0.3, -0.25) is 4.79 Å². The van der Waals surface area contributed by atoms with Crippen LogP contribution in [0.1, 0.15) is 37.0 Å². The fourth-order valence-corrected chi connectivity index (χ4v) is 4.19. The third kappa shape index (κ3) is 3.59. The van der Waals surface area contributed by atoms with E-state index in [9.17, 15) is 13.2 Å².